The van der Waals surface area contributed by atoms with Crippen molar-refractivity contribution in [2.24, 2.45) is 5.73 Å². The van der Waals surface area contributed by atoms with Crippen molar-refractivity contribution in [1.82, 2.24) is 9.97 Å². The molecule has 0 amide bonds. The summed E-state index contributed by atoms with van der Waals surface area (Å²) >= 11 is 0. The minimum absolute atomic E-state index is 0.549. The summed E-state index contributed by atoms with van der Waals surface area (Å²) in [5, 5.41) is 0. The van der Waals surface area contributed by atoms with Crippen molar-refractivity contribution in [1.29, 1.82) is 0 Å². The quantitative estimate of drug-likeness (QED) is 0.876. The summed E-state index contributed by atoms with van der Waals surface area (Å²) in [6.07, 6.45) is 5.75. The highest BCUT2D eigenvalue weighted by atomic mass is 15.2. The molecule has 106 valence electrons. The molecule has 0 aromatic carbocycles. The average molecular weight is 270 g/mol. The zero-order chi connectivity index (χ0) is 14.4. The fourth-order valence-electron chi connectivity index (χ4n) is 2.18. The molecule has 0 saturated carbocycles. The number of hydrogen-bond donors (Lipinski definition) is 1. The van der Waals surface area contributed by atoms with Crippen LogP contribution in [0.4, 0.5) is 5.82 Å². The Balaban J connectivity index is 2.19. The Labute approximate surface area is 120 Å². The number of hydrogen-bond acceptors (Lipinski definition) is 4. The van der Waals surface area contributed by atoms with Gasteiger partial charge in [0.1, 0.15) is 5.82 Å². The molecule has 0 bridgehead atoms. The molecule has 20 heavy (non-hydrogen) atoms. The van der Waals surface area contributed by atoms with E-state index in [-0.39, 0.29) is 0 Å². The summed E-state index contributed by atoms with van der Waals surface area (Å²) in [6.45, 7) is 3.50. The van der Waals surface area contributed by atoms with Gasteiger partial charge in [0.05, 0.1) is 0 Å². The van der Waals surface area contributed by atoms with Gasteiger partial charge in [-0.1, -0.05) is 19.4 Å². The van der Waals surface area contributed by atoms with E-state index in [9.17, 15) is 0 Å². The molecule has 2 N–H and O–H groups in total. The summed E-state index contributed by atoms with van der Waals surface area (Å²) < 4.78 is 0. The van der Waals surface area contributed by atoms with Gasteiger partial charge in [-0.3, -0.25) is 4.98 Å². The van der Waals surface area contributed by atoms with Crippen LogP contribution in [0.1, 0.15) is 30.2 Å². The highest BCUT2D eigenvalue weighted by molar-refractivity contribution is 5.42. The zero-order valence-electron chi connectivity index (χ0n) is 12.2. The van der Waals surface area contributed by atoms with E-state index in [1.165, 1.54) is 5.56 Å². The standard InChI is InChI=1S/C16H22N4/c1-3-5-15-8-14(10-17)9-16(19-15)20(2)12-13-6-4-7-18-11-13/h4,6-9,11H,3,5,10,12,17H2,1-2H3. The molecule has 2 aromatic rings. The summed E-state index contributed by atoms with van der Waals surface area (Å²) in [5.74, 6) is 0.972. The van der Waals surface area contributed by atoms with Gasteiger partial charge in [0.25, 0.3) is 0 Å². The van der Waals surface area contributed by atoms with Gasteiger partial charge in [0.15, 0.2) is 0 Å². The number of aromatic nitrogens is 2. The van der Waals surface area contributed by atoms with Gasteiger partial charge in [-0.05, 0) is 35.7 Å². The number of rotatable bonds is 6. The topological polar surface area (TPSA) is 55.0 Å². The minimum Gasteiger partial charge on any atom is -0.355 e. The fourth-order valence-corrected chi connectivity index (χ4v) is 2.18. The lowest BCUT2D eigenvalue weighted by Crippen LogP contribution is -2.19. The maximum absolute atomic E-state index is 5.78. The predicted molar refractivity (Wildman–Crippen MR) is 82.5 cm³/mol. The van der Waals surface area contributed by atoms with Crippen molar-refractivity contribution in [3.05, 3.63) is 53.5 Å². The van der Waals surface area contributed by atoms with Crippen LogP contribution in [0.5, 0.6) is 0 Å². The van der Waals surface area contributed by atoms with Crippen molar-refractivity contribution >= 4 is 5.82 Å². The molecule has 0 aliphatic carbocycles. The van der Waals surface area contributed by atoms with Gasteiger partial charge in [0.2, 0.25) is 0 Å². The van der Waals surface area contributed by atoms with Crippen LogP contribution >= 0.6 is 0 Å². The van der Waals surface area contributed by atoms with Crippen LogP contribution in [0.2, 0.25) is 0 Å². The van der Waals surface area contributed by atoms with E-state index in [0.717, 1.165) is 36.5 Å². The second kappa shape index (κ2) is 7.01. The van der Waals surface area contributed by atoms with Crippen LogP contribution in [-0.2, 0) is 19.5 Å². The van der Waals surface area contributed by atoms with Gasteiger partial charge >= 0.3 is 0 Å². The average Bonchev–Trinajstić information content (AvgIpc) is 2.48. The van der Waals surface area contributed by atoms with Crippen molar-refractivity contribution in [3.63, 3.8) is 0 Å². The third-order valence-electron chi connectivity index (χ3n) is 3.20. The molecule has 0 fully saturated rings. The van der Waals surface area contributed by atoms with Gasteiger partial charge in [-0.25, -0.2) is 4.98 Å². The summed E-state index contributed by atoms with van der Waals surface area (Å²) in [7, 11) is 2.05. The summed E-state index contributed by atoms with van der Waals surface area (Å²) in [4.78, 5) is 11.0. The van der Waals surface area contributed by atoms with Crippen molar-refractivity contribution in [3.8, 4) is 0 Å². The number of pyridine rings is 2. The van der Waals surface area contributed by atoms with Gasteiger partial charge < -0.3 is 10.6 Å². The highest BCUT2D eigenvalue weighted by Gasteiger charge is 2.07. The number of nitrogens with zero attached hydrogens (tertiary/aromatic N) is 3. The molecule has 2 heterocycles. The van der Waals surface area contributed by atoms with E-state index in [1.807, 2.05) is 19.3 Å². The van der Waals surface area contributed by atoms with Crippen LogP contribution in [0, 0.1) is 0 Å². The van der Waals surface area contributed by atoms with E-state index in [4.69, 9.17) is 10.7 Å². The molecule has 0 unspecified atom stereocenters. The number of anilines is 1. The molecule has 0 radical (unpaired) electrons. The molecule has 0 aliphatic rings. The second-order valence-corrected chi connectivity index (χ2v) is 5.00. The van der Waals surface area contributed by atoms with E-state index in [2.05, 4.69) is 35.0 Å². The monoisotopic (exact) mass is 270 g/mol. The van der Waals surface area contributed by atoms with E-state index >= 15 is 0 Å². The van der Waals surface area contributed by atoms with E-state index in [1.54, 1.807) is 6.20 Å². The predicted octanol–water partition coefficient (Wildman–Crippen LogP) is 2.52. The van der Waals surface area contributed by atoms with Crippen LogP contribution in [-0.4, -0.2) is 17.0 Å². The minimum atomic E-state index is 0.549. The summed E-state index contributed by atoms with van der Waals surface area (Å²) in [6, 6.07) is 8.19. The van der Waals surface area contributed by atoms with Crippen LogP contribution in [0.25, 0.3) is 0 Å². The SMILES string of the molecule is CCCc1cc(CN)cc(N(C)Cc2cccnc2)n1. The van der Waals surface area contributed by atoms with Gasteiger partial charge in [-0.2, -0.15) is 0 Å². The fraction of sp³-hybridized carbons (Fsp3) is 0.375. The first kappa shape index (κ1) is 14.5. The normalized spacial score (nSPS) is 10.6. The summed E-state index contributed by atoms with van der Waals surface area (Å²) in [5.41, 5.74) is 9.20. The van der Waals surface area contributed by atoms with Gasteiger partial charge in [0, 0.05) is 38.2 Å². The Kier molecular flexibility index (Phi) is 5.07. The molecule has 2 aromatic heterocycles. The molecule has 0 spiro atoms. The largest absolute Gasteiger partial charge is 0.355 e. The van der Waals surface area contributed by atoms with Crippen LogP contribution in [0.15, 0.2) is 36.7 Å². The lowest BCUT2D eigenvalue weighted by Gasteiger charge is -2.20. The first-order chi connectivity index (χ1) is 9.72. The Bertz CT molecular complexity index is 539. The van der Waals surface area contributed by atoms with Gasteiger partial charge in [-0.15, -0.1) is 0 Å². The first-order valence-corrected chi connectivity index (χ1v) is 7.03. The maximum atomic E-state index is 5.78. The number of nitrogens with two attached hydrogens (primary N) is 1. The van der Waals surface area contributed by atoms with E-state index in [0.29, 0.717) is 6.54 Å². The molecule has 0 saturated heterocycles. The molecule has 4 nitrogen and oxygen atoms in total. The molecule has 4 heteroatoms. The molecule has 0 aliphatic heterocycles. The Hall–Kier alpha value is -1.94. The highest BCUT2D eigenvalue weighted by Crippen LogP contribution is 2.17. The molecular weight excluding hydrogens is 248 g/mol. The molecular formula is C16H22N4. The van der Waals surface area contributed by atoms with Crippen LogP contribution in [0.3, 0.4) is 0 Å². The number of aryl methyl sites for hydroxylation is 1. The van der Waals surface area contributed by atoms with Crippen molar-refractivity contribution in [2.75, 3.05) is 11.9 Å². The maximum Gasteiger partial charge on any atom is 0.129 e. The van der Waals surface area contributed by atoms with Crippen molar-refractivity contribution in [2.45, 2.75) is 32.9 Å². The second-order valence-electron chi connectivity index (χ2n) is 5.00. The Morgan fingerprint density at radius 3 is 2.75 bits per heavy atom. The molecule has 2 rings (SSSR count). The van der Waals surface area contributed by atoms with Crippen LogP contribution < -0.4 is 10.6 Å². The third-order valence-corrected chi connectivity index (χ3v) is 3.20. The zero-order valence-corrected chi connectivity index (χ0v) is 12.2. The molecule has 0 atom stereocenters. The Morgan fingerprint density at radius 1 is 1.25 bits per heavy atom. The first-order valence-electron chi connectivity index (χ1n) is 7.03. The third kappa shape index (κ3) is 3.78. The Morgan fingerprint density at radius 2 is 2.10 bits per heavy atom. The lowest BCUT2D eigenvalue weighted by atomic mass is 10.1. The van der Waals surface area contributed by atoms with Crippen molar-refractivity contribution < 1.29 is 0 Å². The van der Waals surface area contributed by atoms with E-state index < -0.39 is 0 Å². The lowest BCUT2D eigenvalue weighted by molar-refractivity contribution is 0.840. The smallest absolute Gasteiger partial charge is 0.129 e.